The summed E-state index contributed by atoms with van der Waals surface area (Å²) in [7, 11) is 0. The fraction of sp³-hybridized carbons (Fsp3) is 0.500. The van der Waals surface area contributed by atoms with E-state index >= 15 is 0 Å². The minimum Gasteiger partial charge on any atom is -0.493 e. The second-order valence-corrected chi connectivity index (χ2v) is 3.43. The minimum absolute atomic E-state index is 0.676. The van der Waals surface area contributed by atoms with Crippen LogP contribution in [0.25, 0.3) is 0 Å². The topological polar surface area (TPSA) is 44.5 Å². The highest BCUT2D eigenvalue weighted by atomic mass is 16.5. The van der Waals surface area contributed by atoms with Crippen LogP contribution in [-0.2, 0) is 0 Å². The lowest BCUT2D eigenvalue weighted by Crippen LogP contribution is -1.99. The molecule has 0 radical (unpaired) electrons. The highest BCUT2D eigenvalue weighted by molar-refractivity contribution is 5.50. The SMILES string of the molecule is CCCOc1cc(N)cc(OCCC)c1. The van der Waals surface area contributed by atoms with Gasteiger partial charge in [0, 0.05) is 23.9 Å². The molecule has 1 aromatic rings. The molecule has 0 bridgehead atoms. The minimum atomic E-state index is 0.676. The average Bonchev–Trinajstić information content (AvgIpc) is 2.23. The number of ether oxygens (including phenoxy) is 2. The van der Waals surface area contributed by atoms with Crippen LogP contribution in [0, 0.1) is 0 Å². The lowest BCUT2D eigenvalue weighted by Gasteiger charge is -2.09. The zero-order valence-electron chi connectivity index (χ0n) is 9.45. The van der Waals surface area contributed by atoms with E-state index in [1.165, 1.54) is 0 Å². The van der Waals surface area contributed by atoms with Crippen LogP contribution < -0.4 is 15.2 Å². The van der Waals surface area contributed by atoms with Crippen molar-refractivity contribution in [2.24, 2.45) is 0 Å². The van der Waals surface area contributed by atoms with Crippen molar-refractivity contribution >= 4 is 5.69 Å². The number of anilines is 1. The van der Waals surface area contributed by atoms with E-state index in [0.29, 0.717) is 18.9 Å². The van der Waals surface area contributed by atoms with Crippen molar-refractivity contribution in [3.8, 4) is 11.5 Å². The van der Waals surface area contributed by atoms with E-state index < -0.39 is 0 Å². The highest BCUT2D eigenvalue weighted by Gasteiger charge is 2.00. The van der Waals surface area contributed by atoms with Crippen molar-refractivity contribution in [3.63, 3.8) is 0 Å². The molecule has 15 heavy (non-hydrogen) atoms. The van der Waals surface area contributed by atoms with Crippen LogP contribution in [0.15, 0.2) is 18.2 Å². The van der Waals surface area contributed by atoms with Crippen LogP contribution in [-0.4, -0.2) is 13.2 Å². The molecule has 0 aliphatic carbocycles. The van der Waals surface area contributed by atoms with Crippen molar-refractivity contribution in [2.45, 2.75) is 26.7 Å². The maximum Gasteiger partial charge on any atom is 0.125 e. The third-order valence-corrected chi connectivity index (χ3v) is 1.85. The molecular weight excluding hydrogens is 190 g/mol. The Morgan fingerprint density at radius 3 is 1.80 bits per heavy atom. The molecular formula is C12H19NO2. The third-order valence-electron chi connectivity index (χ3n) is 1.85. The summed E-state index contributed by atoms with van der Waals surface area (Å²) in [6.07, 6.45) is 1.97. The Balaban J connectivity index is 2.66. The van der Waals surface area contributed by atoms with Crippen molar-refractivity contribution < 1.29 is 9.47 Å². The van der Waals surface area contributed by atoms with Crippen molar-refractivity contribution in [1.29, 1.82) is 0 Å². The monoisotopic (exact) mass is 209 g/mol. The zero-order chi connectivity index (χ0) is 11.1. The molecule has 1 rings (SSSR count). The third kappa shape index (κ3) is 4.11. The van der Waals surface area contributed by atoms with E-state index in [1.54, 1.807) is 0 Å². The molecule has 0 aliphatic heterocycles. The number of hydrogen-bond donors (Lipinski definition) is 1. The van der Waals surface area contributed by atoms with Crippen LogP contribution >= 0.6 is 0 Å². The molecule has 0 saturated heterocycles. The predicted molar refractivity (Wildman–Crippen MR) is 62.4 cm³/mol. The predicted octanol–water partition coefficient (Wildman–Crippen LogP) is 2.85. The van der Waals surface area contributed by atoms with Gasteiger partial charge in [-0.15, -0.1) is 0 Å². The largest absolute Gasteiger partial charge is 0.493 e. The maximum atomic E-state index is 5.74. The van der Waals surface area contributed by atoms with Crippen molar-refractivity contribution in [3.05, 3.63) is 18.2 Å². The molecule has 1 aromatic carbocycles. The summed E-state index contributed by atoms with van der Waals surface area (Å²) >= 11 is 0. The molecule has 0 saturated carbocycles. The van der Waals surface area contributed by atoms with Gasteiger partial charge in [0.1, 0.15) is 11.5 Å². The van der Waals surface area contributed by atoms with Gasteiger partial charge in [-0.25, -0.2) is 0 Å². The van der Waals surface area contributed by atoms with Gasteiger partial charge in [-0.05, 0) is 12.8 Å². The molecule has 3 heteroatoms. The summed E-state index contributed by atoms with van der Waals surface area (Å²) in [4.78, 5) is 0. The van der Waals surface area contributed by atoms with E-state index in [4.69, 9.17) is 15.2 Å². The standard InChI is InChI=1S/C12H19NO2/c1-3-5-14-11-7-10(13)8-12(9-11)15-6-4-2/h7-9H,3-6,13H2,1-2H3. The quantitative estimate of drug-likeness (QED) is 0.733. The number of nitrogen functional groups attached to an aromatic ring is 1. The Labute approximate surface area is 91.2 Å². The second kappa shape index (κ2) is 6.17. The Kier molecular flexibility index (Phi) is 4.81. The van der Waals surface area contributed by atoms with E-state index in [-0.39, 0.29) is 0 Å². The number of benzene rings is 1. The summed E-state index contributed by atoms with van der Waals surface area (Å²) < 4.78 is 11.0. The lowest BCUT2D eigenvalue weighted by atomic mass is 10.3. The fourth-order valence-corrected chi connectivity index (χ4v) is 1.20. The van der Waals surface area contributed by atoms with Gasteiger partial charge in [-0.3, -0.25) is 0 Å². The summed E-state index contributed by atoms with van der Waals surface area (Å²) in [5.41, 5.74) is 6.42. The molecule has 0 amide bonds. The van der Waals surface area contributed by atoms with Gasteiger partial charge in [0.05, 0.1) is 13.2 Å². The molecule has 0 heterocycles. The highest BCUT2D eigenvalue weighted by Crippen LogP contribution is 2.24. The molecule has 0 fully saturated rings. The fourth-order valence-electron chi connectivity index (χ4n) is 1.20. The van der Waals surface area contributed by atoms with Crippen LogP contribution in [0.3, 0.4) is 0 Å². The van der Waals surface area contributed by atoms with Gasteiger partial charge in [0.25, 0.3) is 0 Å². The summed E-state index contributed by atoms with van der Waals surface area (Å²) in [5.74, 6) is 1.56. The molecule has 0 aromatic heterocycles. The first-order valence-electron chi connectivity index (χ1n) is 5.42. The average molecular weight is 209 g/mol. The normalized spacial score (nSPS) is 10.0. The summed E-state index contributed by atoms with van der Waals surface area (Å²) in [5, 5.41) is 0. The van der Waals surface area contributed by atoms with Crippen LogP contribution in [0.5, 0.6) is 11.5 Å². The molecule has 84 valence electrons. The van der Waals surface area contributed by atoms with Crippen LogP contribution in [0.2, 0.25) is 0 Å². The molecule has 3 nitrogen and oxygen atoms in total. The Morgan fingerprint density at radius 1 is 0.933 bits per heavy atom. The smallest absolute Gasteiger partial charge is 0.125 e. The first kappa shape index (κ1) is 11.7. The van der Waals surface area contributed by atoms with Gasteiger partial charge in [-0.2, -0.15) is 0 Å². The molecule has 2 N–H and O–H groups in total. The van der Waals surface area contributed by atoms with Gasteiger partial charge in [0.15, 0.2) is 0 Å². The summed E-state index contributed by atoms with van der Waals surface area (Å²) in [6.45, 7) is 5.55. The van der Waals surface area contributed by atoms with Gasteiger partial charge < -0.3 is 15.2 Å². The molecule has 0 spiro atoms. The first-order chi connectivity index (χ1) is 7.26. The van der Waals surface area contributed by atoms with E-state index in [9.17, 15) is 0 Å². The van der Waals surface area contributed by atoms with E-state index in [1.807, 2.05) is 18.2 Å². The van der Waals surface area contributed by atoms with E-state index in [0.717, 1.165) is 24.3 Å². The van der Waals surface area contributed by atoms with Crippen LogP contribution in [0.1, 0.15) is 26.7 Å². The second-order valence-electron chi connectivity index (χ2n) is 3.43. The summed E-state index contributed by atoms with van der Waals surface area (Å²) in [6, 6.07) is 5.50. The molecule has 0 atom stereocenters. The van der Waals surface area contributed by atoms with Gasteiger partial charge in [-0.1, -0.05) is 13.8 Å². The first-order valence-corrected chi connectivity index (χ1v) is 5.42. The number of rotatable bonds is 6. The number of hydrogen-bond acceptors (Lipinski definition) is 3. The van der Waals surface area contributed by atoms with Gasteiger partial charge >= 0.3 is 0 Å². The maximum absolute atomic E-state index is 5.74. The Hall–Kier alpha value is -1.38. The number of nitrogens with two attached hydrogens (primary N) is 1. The molecule has 0 unspecified atom stereocenters. The van der Waals surface area contributed by atoms with Gasteiger partial charge in [0.2, 0.25) is 0 Å². The zero-order valence-corrected chi connectivity index (χ0v) is 9.45. The Bertz CT molecular complexity index is 273. The van der Waals surface area contributed by atoms with Crippen LogP contribution in [0.4, 0.5) is 5.69 Å². The van der Waals surface area contributed by atoms with E-state index in [2.05, 4.69) is 13.8 Å². The van der Waals surface area contributed by atoms with Crippen molar-refractivity contribution in [2.75, 3.05) is 18.9 Å². The Morgan fingerprint density at radius 2 is 1.40 bits per heavy atom. The van der Waals surface area contributed by atoms with Crippen molar-refractivity contribution in [1.82, 2.24) is 0 Å². The lowest BCUT2D eigenvalue weighted by molar-refractivity contribution is 0.302. The molecule has 0 aliphatic rings.